The van der Waals surface area contributed by atoms with Gasteiger partial charge in [0.05, 0.1) is 24.7 Å². The molecule has 0 aliphatic carbocycles. The fourth-order valence-corrected chi connectivity index (χ4v) is 4.53. The summed E-state index contributed by atoms with van der Waals surface area (Å²) in [5.74, 6) is 0. The van der Waals surface area contributed by atoms with Crippen LogP contribution in [0.5, 0.6) is 0 Å². The fourth-order valence-electron chi connectivity index (χ4n) is 3.15. The van der Waals surface area contributed by atoms with Crippen molar-refractivity contribution in [3.05, 3.63) is 0 Å². The van der Waals surface area contributed by atoms with Crippen molar-refractivity contribution in [3.8, 4) is 0 Å². The van der Waals surface area contributed by atoms with Crippen LogP contribution in [0, 0.1) is 0 Å². The molecule has 0 N–H and O–H groups in total. The van der Waals surface area contributed by atoms with Gasteiger partial charge in [-0.3, -0.25) is 8.37 Å². The van der Waals surface area contributed by atoms with E-state index < -0.39 is 26.3 Å². The summed E-state index contributed by atoms with van der Waals surface area (Å²) in [6, 6.07) is 0. The second-order valence-corrected chi connectivity index (χ2v) is 10.8. The molecule has 0 aromatic heterocycles. The lowest BCUT2D eigenvalue weighted by Crippen LogP contribution is -2.19. The third kappa shape index (κ3) is 20.4. The molecule has 0 saturated heterocycles. The van der Waals surface area contributed by atoms with Crippen molar-refractivity contribution < 1.29 is 25.2 Å². The minimum Gasteiger partial charge on any atom is -0.267 e. The van der Waals surface area contributed by atoms with E-state index in [0.717, 1.165) is 25.4 Å². The van der Waals surface area contributed by atoms with Gasteiger partial charge in [0.1, 0.15) is 0 Å². The van der Waals surface area contributed by atoms with Crippen LogP contribution in [0.1, 0.15) is 97.3 Å². The second-order valence-electron chi connectivity index (χ2n) is 7.58. The van der Waals surface area contributed by atoms with E-state index in [1.807, 2.05) is 0 Å². The van der Waals surface area contributed by atoms with Crippen LogP contribution in [0.2, 0.25) is 0 Å². The molecule has 0 radical (unpaired) electrons. The highest BCUT2D eigenvalue weighted by atomic mass is 32.2. The molecule has 8 heteroatoms. The van der Waals surface area contributed by atoms with E-state index in [4.69, 9.17) is 8.37 Å². The van der Waals surface area contributed by atoms with E-state index >= 15 is 0 Å². The van der Waals surface area contributed by atoms with Crippen LogP contribution < -0.4 is 0 Å². The largest absolute Gasteiger partial charge is 0.267 e. The molecule has 0 rings (SSSR count). The summed E-state index contributed by atoms with van der Waals surface area (Å²) in [6.45, 7) is 3.92. The third-order valence-electron chi connectivity index (χ3n) is 4.42. The van der Waals surface area contributed by atoms with Crippen LogP contribution in [0.25, 0.3) is 0 Å². The van der Waals surface area contributed by atoms with Gasteiger partial charge in [0.15, 0.2) is 0 Å². The average molecular weight is 429 g/mol. The molecular formula is C19H40O6S2. The molecular weight excluding hydrogens is 388 g/mol. The van der Waals surface area contributed by atoms with E-state index in [9.17, 15) is 16.8 Å². The van der Waals surface area contributed by atoms with Crippen molar-refractivity contribution in [3.63, 3.8) is 0 Å². The van der Waals surface area contributed by atoms with Gasteiger partial charge in [0.2, 0.25) is 0 Å². The van der Waals surface area contributed by atoms with Crippen LogP contribution in [0.3, 0.4) is 0 Å². The SMILES string of the molecule is CCCCCCCCCCC[C@H](CCC[C@@H](C)OS(C)(=O)=O)OS(C)(=O)=O. The molecule has 0 amide bonds. The normalized spacial score (nSPS) is 15.0. The molecule has 0 bridgehead atoms. The van der Waals surface area contributed by atoms with Gasteiger partial charge in [-0.05, 0) is 32.6 Å². The number of unbranched alkanes of at least 4 members (excludes halogenated alkanes) is 8. The van der Waals surface area contributed by atoms with Gasteiger partial charge < -0.3 is 0 Å². The Bertz CT molecular complexity index is 557. The van der Waals surface area contributed by atoms with Crippen LogP contribution in [-0.4, -0.2) is 41.6 Å². The third-order valence-corrected chi connectivity index (χ3v) is 5.72. The average Bonchev–Trinajstić information content (AvgIpc) is 2.49. The molecule has 0 aliphatic heterocycles. The maximum Gasteiger partial charge on any atom is 0.264 e. The predicted molar refractivity (Wildman–Crippen MR) is 111 cm³/mol. The zero-order chi connectivity index (χ0) is 20.8. The lowest BCUT2D eigenvalue weighted by atomic mass is 10.0. The first-order valence-electron chi connectivity index (χ1n) is 10.3. The summed E-state index contributed by atoms with van der Waals surface area (Å²) < 4.78 is 55.2. The molecule has 0 fully saturated rings. The first-order chi connectivity index (χ1) is 12.5. The molecule has 0 unspecified atom stereocenters. The number of hydrogen-bond acceptors (Lipinski definition) is 6. The van der Waals surface area contributed by atoms with Crippen molar-refractivity contribution in [1.82, 2.24) is 0 Å². The highest BCUT2D eigenvalue weighted by Crippen LogP contribution is 2.18. The molecule has 0 spiro atoms. The van der Waals surface area contributed by atoms with E-state index in [1.165, 1.54) is 44.9 Å². The molecule has 0 heterocycles. The van der Waals surface area contributed by atoms with Crippen LogP contribution in [0.15, 0.2) is 0 Å². The van der Waals surface area contributed by atoms with Gasteiger partial charge in [0.25, 0.3) is 20.2 Å². The first kappa shape index (κ1) is 26.8. The number of rotatable bonds is 18. The number of hydrogen-bond donors (Lipinski definition) is 0. The smallest absolute Gasteiger partial charge is 0.264 e. The predicted octanol–water partition coefficient (Wildman–Crippen LogP) is 4.79. The molecule has 164 valence electrons. The molecule has 0 saturated carbocycles. The highest BCUT2D eigenvalue weighted by molar-refractivity contribution is 7.86. The lowest BCUT2D eigenvalue weighted by Gasteiger charge is -2.17. The van der Waals surface area contributed by atoms with Crippen LogP contribution >= 0.6 is 0 Å². The van der Waals surface area contributed by atoms with Gasteiger partial charge in [-0.25, -0.2) is 0 Å². The topological polar surface area (TPSA) is 86.7 Å². The monoisotopic (exact) mass is 428 g/mol. The Balaban J connectivity index is 4.05. The van der Waals surface area contributed by atoms with Crippen molar-refractivity contribution in [1.29, 1.82) is 0 Å². The lowest BCUT2D eigenvalue weighted by molar-refractivity contribution is 0.168. The van der Waals surface area contributed by atoms with Crippen LogP contribution in [-0.2, 0) is 28.6 Å². The minimum absolute atomic E-state index is 0.338. The summed E-state index contributed by atoms with van der Waals surface area (Å²) >= 11 is 0. The Morgan fingerprint density at radius 3 is 1.56 bits per heavy atom. The fraction of sp³-hybridized carbons (Fsp3) is 1.00. The van der Waals surface area contributed by atoms with Gasteiger partial charge in [0, 0.05) is 0 Å². The van der Waals surface area contributed by atoms with Crippen molar-refractivity contribution in [2.24, 2.45) is 0 Å². The highest BCUT2D eigenvalue weighted by Gasteiger charge is 2.17. The van der Waals surface area contributed by atoms with Crippen molar-refractivity contribution in [2.75, 3.05) is 12.5 Å². The Kier molecular flexibility index (Phi) is 14.7. The minimum atomic E-state index is -3.49. The van der Waals surface area contributed by atoms with Gasteiger partial charge in [-0.2, -0.15) is 16.8 Å². The van der Waals surface area contributed by atoms with Gasteiger partial charge in [-0.15, -0.1) is 0 Å². The Hall–Kier alpha value is -0.180. The molecule has 0 aromatic rings. The van der Waals surface area contributed by atoms with Gasteiger partial charge >= 0.3 is 0 Å². The Labute approximate surface area is 167 Å². The molecule has 6 nitrogen and oxygen atoms in total. The summed E-state index contributed by atoms with van der Waals surface area (Å²) in [4.78, 5) is 0. The molecule has 2 atom stereocenters. The molecule has 0 aromatic carbocycles. The summed E-state index contributed by atoms with van der Waals surface area (Å²) in [5, 5.41) is 0. The summed E-state index contributed by atoms with van der Waals surface area (Å²) in [5.41, 5.74) is 0. The summed E-state index contributed by atoms with van der Waals surface area (Å²) in [6.07, 6.45) is 14.8. The van der Waals surface area contributed by atoms with Crippen LogP contribution in [0.4, 0.5) is 0 Å². The van der Waals surface area contributed by atoms with Crippen molar-refractivity contribution in [2.45, 2.75) is 110 Å². The van der Waals surface area contributed by atoms with E-state index in [1.54, 1.807) is 6.92 Å². The second kappa shape index (κ2) is 14.8. The maximum absolute atomic E-state index is 11.5. The maximum atomic E-state index is 11.5. The van der Waals surface area contributed by atoms with E-state index in [0.29, 0.717) is 25.7 Å². The molecule has 0 aliphatic rings. The van der Waals surface area contributed by atoms with Crippen molar-refractivity contribution >= 4 is 20.2 Å². The van der Waals surface area contributed by atoms with E-state index in [2.05, 4.69) is 6.92 Å². The first-order valence-corrected chi connectivity index (χ1v) is 13.9. The zero-order valence-corrected chi connectivity index (χ0v) is 19.2. The zero-order valence-electron chi connectivity index (χ0n) is 17.6. The quantitative estimate of drug-likeness (QED) is 0.230. The Morgan fingerprint density at radius 2 is 1.07 bits per heavy atom. The van der Waals surface area contributed by atoms with Gasteiger partial charge in [-0.1, -0.05) is 64.7 Å². The molecule has 27 heavy (non-hydrogen) atoms. The Morgan fingerprint density at radius 1 is 0.630 bits per heavy atom. The summed E-state index contributed by atoms with van der Waals surface area (Å²) in [7, 11) is -6.95. The van der Waals surface area contributed by atoms with E-state index in [-0.39, 0.29) is 6.10 Å². The standard InChI is InChI=1S/C19H40O6S2/c1-5-6-7-8-9-10-11-12-13-16-19(25-27(4,22)23)17-14-15-18(2)24-26(3,20)21/h18-19H,5-17H2,1-4H3/t18-,19-/m1/s1.